The lowest BCUT2D eigenvalue weighted by Crippen LogP contribution is -2.02. The third-order valence-electron chi connectivity index (χ3n) is 2.91. The molecule has 8 nitrogen and oxygen atoms in total. The molecule has 0 saturated heterocycles. The second kappa shape index (κ2) is 5.61. The molecular formula is C13H13N3O5. The highest BCUT2D eigenvalue weighted by atomic mass is 16.6. The van der Waals surface area contributed by atoms with Crippen LogP contribution < -0.4 is 5.32 Å². The van der Waals surface area contributed by atoms with Crippen LogP contribution in [-0.4, -0.2) is 21.0 Å². The van der Waals surface area contributed by atoms with Gasteiger partial charge in [0.15, 0.2) is 0 Å². The molecule has 0 atom stereocenters. The van der Waals surface area contributed by atoms with E-state index in [0.717, 1.165) is 0 Å². The van der Waals surface area contributed by atoms with Gasteiger partial charge < -0.3 is 14.8 Å². The zero-order valence-corrected chi connectivity index (χ0v) is 11.4. The van der Waals surface area contributed by atoms with Crippen molar-refractivity contribution in [2.45, 2.75) is 20.4 Å². The van der Waals surface area contributed by atoms with E-state index in [1.807, 2.05) is 0 Å². The summed E-state index contributed by atoms with van der Waals surface area (Å²) < 4.78 is 5.29. The van der Waals surface area contributed by atoms with Crippen molar-refractivity contribution in [1.82, 2.24) is 4.98 Å². The average molecular weight is 291 g/mol. The monoisotopic (exact) mass is 291 g/mol. The number of anilines is 1. The molecule has 21 heavy (non-hydrogen) atoms. The van der Waals surface area contributed by atoms with Crippen LogP contribution in [0.3, 0.4) is 0 Å². The van der Waals surface area contributed by atoms with Gasteiger partial charge >= 0.3 is 5.97 Å². The summed E-state index contributed by atoms with van der Waals surface area (Å²) in [4.78, 5) is 25.3. The Labute approximate surface area is 119 Å². The van der Waals surface area contributed by atoms with Crippen molar-refractivity contribution in [3.63, 3.8) is 0 Å². The lowest BCUT2D eigenvalue weighted by atomic mass is 10.2. The fourth-order valence-electron chi connectivity index (χ4n) is 1.83. The van der Waals surface area contributed by atoms with E-state index in [-0.39, 0.29) is 17.8 Å². The zero-order chi connectivity index (χ0) is 15.6. The fourth-order valence-corrected chi connectivity index (χ4v) is 1.83. The standard InChI is InChI=1S/C13H13N3O5/c1-7-5-14-12(4-11(7)16(19)20)15-6-9-3-10(13(17)18)8(2)21-9/h3-5H,6H2,1-2H3,(H,14,15)(H,17,18). The lowest BCUT2D eigenvalue weighted by molar-refractivity contribution is -0.385. The molecule has 0 fully saturated rings. The summed E-state index contributed by atoms with van der Waals surface area (Å²) in [6.45, 7) is 3.34. The first-order valence-electron chi connectivity index (χ1n) is 6.06. The number of hydrogen-bond donors (Lipinski definition) is 2. The number of aromatic carboxylic acids is 1. The van der Waals surface area contributed by atoms with E-state index >= 15 is 0 Å². The summed E-state index contributed by atoms with van der Waals surface area (Å²) in [6, 6.07) is 2.73. The van der Waals surface area contributed by atoms with Gasteiger partial charge in [0.1, 0.15) is 22.9 Å². The Morgan fingerprint density at radius 2 is 2.19 bits per heavy atom. The van der Waals surface area contributed by atoms with Crippen molar-refractivity contribution in [1.29, 1.82) is 0 Å². The molecule has 8 heteroatoms. The number of carbonyl (C=O) groups is 1. The van der Waals surface area contributed by atoms with Crippen molar-refractivity contribution >= 4 is 17.5 Å². The Morgan fingerprint density at radius 3 is 2.76 bits per heavy atom. The van der Waals surface area contributed by atoms with Gasteiger partial charge in [-0.15, -0.1) is 0 Å². The van der Waals surface area contributed by atoms with E-state index in [9.17, 15) is 14.9 Å². The first-order valence-corrected chi connectivity index (χ1v) is 6.06. The van der Waals surface area contributed by atoms with E-state index in [0.29, 0.717) is 22.9 Å². The van der Waals surface area contributed by atoms with Gasteiger partial charge in [0, 0.05) is 11.8 Å². The number of aryl methyl sites for hydroxylation is 2. The highest BCUT2D eigenvalue weighted by molar-refractivity contribution is 5.88. The minimum atomic E-state index is -1.06. The molecular weight excluding hydrogens is 278 g/mol. The summed E-state index contributed by atoms with van der Waals surface area (Å²) in [5, 5.41) is 22.6. The predicted molar refractivity (Wildman–Crippen MR) is 73.4 cm³/mol. The van der Waals surface area contributed by atoms with Crippen molar-refractivity contribution < 1.29 is 19.2 Å². The number of carboxylic acids is 1. The van der Waals surface area contributed by atoms with Gasteiger partial charge in [-0.2, -0.15) is 0 Å². The van der Waals surface area contributed by atoms with Crippen molar-refractivity contribution in [3.05, 3.63) is 51.1 Å². The first-order chi connectivity index (χ1) is 9.88. The molecule has 0 aliphatic heterocycles. The molecule has 0 radical (unpaired) electrons. The van der Waals surface area contributed by atoms with E-state index in [4.69, 9.17) is 9.52 Å². The second-order valence-electron chi connectivity index (χ2n) is 4.45. The molecule has 2 heterocycles. The number of nitrogens with zero attached hydrogens (tertiary/aromatic N) is 2. The molecule has 2 aromatic rings. The smallest absolute Gasteiger partial charge is 0.339 e. The Balaban J connectivity index is 2.13. The molecule has 2 aromatic heterocycles. The Bertz CT molecular complexity index is 708. The van der Waals surface area contributed by atoms with Crippen LogP contribution in [0.15, 0.2) is 22.7 Å². The van der Waals surface area contributed by atoms with E-state index in [1.54, 1.807) is 13.8 Å². The van der Waals surface area contributed by atoms with Crippen molar-refractivity contribution in [2.24, 2.45) is 0 Å². The quantitative estimate of drug-likeness (QED) is 0.641. The van der Waals surface area contributed by atoms with Crippen LogP contribution in [0.2, 0.25) is 0 Å². The highest BCUT2D eigenvalue weighted by Crippen LogP contribution is 2.21. The number of aromatic nitrogens is 1. The molecule has 0 aromatic carbocycles. The number of carboxylic acid groups (broad SMARTS) is 1. The second-order valence-corrected chi connectivity index (χ2v) is 4.45. The third-order valence-corrected chi connectivity index (χ3v) is 2.91. The topological polar surface area (TPSA) is 118 Å². The van der Waals surface area contributed by atoms with Gasteiger partial charge in [0.25, 0.3) is 5.69 Å². The van der Waals surface area contributed by atoms with Crippen LogP contribution in [0.5, 0.6) is 0 Å². The number of furan rings is 1. The largest absolute Gasteiger partial charge is 0.478 e. The molecule has 0 aliphatic rings. The van der Waals surface area contributed by atoms with Crippen LogP contribution in [0, 0.1) is 24.0 Å². The normalized spacial score (nSPS) is 10.4. The van der Waals surface area contributed by atoms with Gasteiger partial charge in [-0.05, 0) is 19.9 Å². The number of rotatable bonds is 5. The molecule has 110 valence electrons. The van der Waals surface area contributed by atoms with Gasteiger partial charge in [-0.25, -0.2) is 9.78 Å². The van der Waals surface area contributed by atoms with Crippen LogP contribution in [0.1, 0.15) is 27.4 Å². The van der Waals surface area contributed by atoms with Crippen LogP contribution in [0.25, 0.3) is 0 Å². The molecule has 0 unspecified atom stereocenters. The molecule has 0 aliphatic carbocycles. The maximum Gasteiger partial charge on any atom is 0.339 e. The Kier molecular flexibility index (Phi) is 3.88. The SMILES string of the molecule is Cc1cnc(NCc2cc(C(=O)O)c(C)o2)cc1[N+](=O)[O-]. The molecule has 0 bridgehead atoms. The molecule has 2 N–H and O–H groups in total. The van der Waals surface area contributed by atoms with E-state index in [1.165, 1.54) is 18.3 Å². The minimum absolute atomic E-state index is 0.0330. The van der Waals surface area contributed by atoms with Gasteiger partial charge in [0.05, 0.1) is 17.5 Å². The highest BCUT2D eigenvalue weighted by Gasteiger charge is 2.15. The predicted octanol–water partition coefficient (Wildman–Crippen LogP) is 2.51. The molecule has 2 rings (SSSR count). The van der Waals surface area contributed by atoms with Gasteiger partial charge in [0.2, 0.25) is 0 Å². The summed E-state index contributed by atoms with van der Waals surface area (Å²) in [7, 11) is 0. The lowest BCUT2D eigenvalue weighted by Gasteiger charge is -2.04. The van der Waals surface area contributed by atoms with E-state index < -0.39 is 10.9 Å². The molecule has 0 spiro atoms. The number of nitro groups is 1. The summed E-state index contributed by atoms with van der Waals surface area (Å²) in [5.74, 6) is -0.0260. The molecule has 0 saturated carbocycles. The van der Waals surface area contributed by atoms with Crippen molar-refractivity contribution in [3.8, 4) is 0 Å². The van der Waals surface area contributed by atoms with Gasteiger partial charge in [-0.1, -0.05) is 0 Å². The minimum Gasteiger partial charge on any atom is -0.478 e. The molecule has 0 amide bonds. The van der Waals surface area contributed by atoms with Crippen molar-refractivity contribution in [2.75, 3.05) is 5.32 Å². The fraction of sp³-hybridized carbons (Fsp3) is 0.231. The number of pyridine rings is 1. The van der Waals surface area contributed by atoms with Crippen LogP contribution in [-0.2, 0) is 6.54 Å². The number of hydrogen-bond acceptors (Lipinski definition) is 6. The Morgan fingerprint density at radius 1 is 1.48 bits per heavy atom. The van der Waals surface area contributed by atoms with Crippen LogP contribution >= 0.6 is 0 Å². The zero-order valence-electron chi connectivity index (χ0n) is 11.4. The number of nitrogens with one attached hydrogen (secondary N) is 1. The maximum absolute atomic E-state index is 10.9. The maximum atomic E-state index is 10.9. The Hall–Kier alpha value is -2.90. The van der Waals surface area contributed by atoms with E-state index in [2.05, 4.69) is 10.3 Å². The van der Waals surface area contributed by atoms with Crippen LogP contribution in [0.4, 0.5) is 11.5 Å². The first kappa shape index (κ1) is 14.5. The summed E-state index contributed by atoms with van der Waals surface area (Å²) in [6.07, 6.45) is 1.40. The average Bonchev–Trinajstić information content (AvgIpc) is 2.79. The summed E-state index contributed by atoms with van der Waals surface area (Å²) >= 11 is 0. The third kappa shape index (κ3) is 3.16. The van der Waals surface area contributed by atoms with Gasteiger partial charge in [-0.3, -0.25) is 10.1 Å². The summed E-state index contributed by atoms with van der Waals surface area (Å²) in [5.41, 5.74) is 0.525.